The van der Waals surface area contributed by atoms with E-state index in [1.165, 1.54) is 0 Å². The van der Waals surface area contributed by atoms with Crippen molar-refractivity contribution in [3.8, 4) is 0 Å². The molecular weight excluding hydrogens is 257 g/mol. The van der Waals surface area contributed by atoms with E-state index in [0.717, 1.165) is 0 Å². The van der Waals surface area contributed by atoms with Crippen LogP contribution in [0.1, 0.15) is 13.3 Å². The van der Waals surface area contributed by atoms with Gasteiger partial charge in [-0.15, -0.1) is 0 Å². The van der Waals surface area contributed by atoms with Crippen LogP contribution in [0.2, 0.25) is 0 Å². The van der Waals surface area contributed by atoms with Gasteiger partial charge in [-0.25, -0.2) is 8.42 Å². The van der Waals surface area contributed by atoms with Crippen molar-refractivity contribution in [2.45, 2.75) is 13.3 Å². The zero-order chi connectivity index (χ0) is 11.8. The first kappa shape index (κ1) is 21.1. The summed E-state index contributed by atoms with van der Waals surface area (Å²) in [6.07, 6.45) is 0.409. The van der Waals surface area contributed by atoms with Crippen LogP contribution >= 0.6 is 0 Å². The first-order valence-corrected chi connectivity index (χ1v) is 6.90. The van der Waals surface area contributed by atoms with E-state index in [0.29, 0.717) is 6.42 Å². The summed E-state index contributed by atoms with van der Waals surface area (Å²) in [6, 6.07) is 0. The van der Waals surface area contributed by atoms with Crippen LogP contribution < -0.4 is 35.3 Å². The number of hydrogen-bond acceptors (Lipinski definition) is 6. The quantitative estimate of drug-likeness (QED) is 0.390. The van der Waals surface area contributed by atoms with E-state index in [4.69, 9.17) is 10.3 Å². The van der Waals surface area contributed by atoms with Crippen molar-refractivity contribution in [3.63, 3.8) is 0 Å². The smallest absolute Gasteiger partial charge is 0.748 e. The number of hydrogen-bond donors (Lipinski definition) is 2. The van der Waals surface area contributed by atoms with E-state index >= 15 is 0 Å². The predicted molar refractivity (Wildman–Crippen MR) is 50.3 cm³/mol. The van der Waals surface area contributed by atoms with Gasteiger partial charge in [-0.3, -0.25) is 4.55 Å². The Hall–Kier alpha value is 0.780. The normalized spacial score (nSPS) is 10.9. The largest absolute Gasteiger partial charge is 1.00 e. The van der Waals surface area contributed by atoms with Crippen LogP contribution in [0.3, 0.4) is 0 Å². The van der Waals surface area contributed by atoms with Crippen molar-refractivity contribution in [2.75, 3.05) is 18.1 Å². The van der Waals surface area contributed by atoms with E-state index in [9.17, 15) is 21.4 Å². The minimum atomic E-state index is -3.92. The van der Waals surface area contributed by atoms with Gasteiger partial charge in [0.2, 0.25) is 0 Å². The Kier molecular flexibility index (Phi) is 14.0. The first-order chi connectivity index (χ1) is 6.12. The molecule has 0 aliphatic rings. The van der Waals surface area contributed by atoms with Crippen LogP contribution in [0.4, 0.5) is 0 Å². The molecule has 0 fully saturated rings. The van der Waals surface area contributed by atoms with Gasteiger partial charge in [0.15, 0.2) is 0 Å². The molecule has 0 bridgehead atoms. The molecule has 0 unspecified atom stereocenters. The van der Waals surface area contributed by atoms with Crippen LogP contribution in [0.25, 0.3) is 0 Å². The van der Waals surface area contributed by atoms with E-state index in [-0.39, 0.29) is 47.6 Å². The van der Waals surface area contributed by atoms with Crippen molar-refractivity contribution in [1.82, 2.24) is 0 Å². The van der Waals surface area contributed by atoms with Gasteiger partial charge in [0.05, 0.1) is 15.9 Å². The van der Waals surface area contributed by atoms with E-state index in [1.54, 1.807) is 6.92 Å². The molecule has 0 aromatic heterocycles. The molecule has 88 valence electrons. The van der Waals surface area contributed by atoms with Crippen molar-refractivity contribution in [3.05, 3.63) is 0 Å². The second kappa shape index (κ2) is 9.97. The topological polar surface area (TPSA) is 138 Å². The summed E-state index contributed by atoms with van der Waals surface area (Å²) < 4.78 is 56.4. The van der Waals surface area contributed by atoms with Crippen LogP contribution in [-0.2, 0) is 20.2 Å². The molecule has 0 amide bonds. The van der Waals surface area contributed by atoms with Gasteiger partial charge >= 0.3 is 29.6 Å². The molecule has 10 heteroatoms. The molecule has 7 nitrogen and oxygen atoms in total. The molecule has 0 radical (unpaired) electrons. The Labute approximate surface area is 112 Å². The standard InChI is InChI=1S/C3H8O3S.C2H7NO3S.Na/c1-2-3-7(4,5)6;3-1-2-7(4,5)6;/h2-3H2,1H3,(H,4,5,6);1-3H2,(H,4,5,6);/q;;+1/p-1. The third kappa shape index (κ3) is 31.3. The molecule has 0 heterocycles. The van der Waals surface area contributed by atoms with Crippen LogP contribution in [-0.4, -0.2) is 44.0 Å². The summed E-state index contributed by atoms with van der Waals surface area (Å²) in [7, 11) is -7.72. The van der Waals surface area contributed by atoms with Gasteiger partial charge in [-0.1, -0.05) is 6.92 Å². The van der Waals surface area contributed by atoms with Crippen LogP contribution in [0.15, 0.2) is 0 Å². The van der Waals surface area contributed by atoms with Crippen molar-refractivity contribution >= 4 is 20.2 Å². The first-order valence-electron chi connectivity index (χ1n) is 3.71. The maximum atomic E-state index is 9.71. The molecule has 0 atom stereocenters. The average molecular weight is 271 g/mol. The fourth-order valence-corrected chi connectivity index (χ4v) is 1.20. The number of nitrogens with two attached hydrogens (primary N) is 1. The van der Waals surface area contributed by atoms with Crippen molar-refractivity contribution in [2.24, 2.45) is 5.73 Å². The average Bonchev–Trinajstić information content (AvgIpc) is 1.81. The Balaban J connectivity index is -0.000000180. The molecule has 3 N–H and O–H groups in total. The molecule has 0 aromatic carbocycles. The molecule has 15 heavy (non-hydrogen) atoms. The SMILES string of the molecule is CCCS(=O)(=O)[O-].NCCS(=O)(=O)O.[Na+]. The number of rotatable bonds is 4. The van der Waals surface area contributed by atoms with Gasteiger partial charge in [0.25, 0.3) is 10.1 Å². The minimum absolute atomic E-state index is 0. The molecule has 0 aliphatic carbocycles. The Morgan fingerprint density at radius 1 is 1.20 bits per heavy atom. The van der Waals surface area contributed by atoms with Crippen LogP contribution in [0.5, 0.6) is 0 Å². The monoisotopic (exact) mass is 271 g/mol. The zero-order valence-corrected chi connectivity index (χ0v) is 12.3. The molecule has 0 saturated carbocycles. The summed E-state index contributed by atoms with van der Waals surface area (Å²) in [6.45, 7) is 1.62. The van der Waals surface area contributed by atoms with E-state index in [2.05, 4.69) is 0 Å². The summed E-state index contributed by atoms with van der Waals surface area (Å²) >= 11 is 0. The third-order valence-corrected chi connectivity index (χ3v) is 2.49. The molecule has 0 spiro atoms. The molecule has 0 aromatic rings. The second-order valence-corrected chi connectivity index (χ2v) is 5.43. The zero-order valence-electron chi connectivity index (χ0n) is 8.71. The molecule has 0 rings (SSSR count). The molecular formula is C5H14NNaO6S2. The van der Waals surface area contributed by atoms with Gasteiger partial charge in [-0.05, 0) is 6.42 Å². The summed E-state index contributed by atoms with van der Waals surface area (Å²) in [5, 5.41) is 0. The molecule has 0 aliphatic heterocycles. The van der Waals surface area contributed by atoms with Gasteiger partial charge < -0.3 is 10.3 Å². The van der Waals surface area contributed by atoms with Crippen molar-refractivity contribution in [1.29, 1.82) is 0 Å². The van der Waals surface area contributed by atoms with Crippen molar-refractivity contribution < 1.29 is 55.5 Å². The molecule has 0 saturated heterocycles. The summed E-state index contributed by atoms with van der Waals surface area (Å²) in [4.78, 5) is 0. The third-order valence-electron chi connectivity index (χ3n) is 0.830. The van der Waals surface area contributed by atoms with E-state index in [1.807, 2.05) is 0 Å². The van der Waals surface area contributed by atoms with Gasteiger partial charge in [0, 0.05) is 12.3 Å². The summed E-state index contributed by atoms with van der Waals surface area (Å²) in [5.41, 5.74) is 4.78. The van der Waals surface area contributed by atoms with Crippen LogP contribution in [0, 0.1) is 0 Å². The maximum absolute atomic E-state index is 9.71. The Bertz CT molecular complexity index is 289. The summed E-state index contributed by atoms with van der Waals surface area (Å²) in [5.74, 6) is -0.597. The Morgan fingerprint density at radius 3 is 1.60 bits per heavy atom. The fourth-order valence-electron chi connectivity index (χ4n) is 0.399. The van der Waals surface area contributed by atoms with Gasteiger partial charge in [0.1, 0.15) is 0 Å². The van der Waals surface area contributed by atoms with E-state index < -0.39 is 20.2 Å². The maximum Gasteiger partial charge on any atom is 1.00 e. The Morgan fingerprint density at radius 2 is 1.60 bits per heavy atom. The fraction of sp³-hybridized carbons (Fsp3) is 1.00. The predicted octanol–water partition coefficient (Wildman–Crippen LogP) is -4.22. The minimum Gasteiger partial charge on any atom is -0.748 e. The second-order valence-electron chi connectivity index (χ2n) is 2.34. The van der Waals surface area contributed by atoms with Gasteiger partial charge in [-0.2, -0.15) is 8.42 Å².